The Morgan fingerprint density at radius 3 is 1.28 bits per heavy atom. The van der Waals surface area contributed by atoms with Crippen LogP contribution in [0, 0.1) is 41.4 Å². The summed E-state index contributed by atoms with van der Waals surface area (Å²) in [6, 6.07) is -16.7. The smallest absolute Gasteiger partial charge is 0.327 e. The first-order chi connectivity index (χ1) is 49.3. The summed E-state index contributed by atoms with van der Waals surface area (Å²) in [6.45, 7) is 25.5. The number of rotatable bonds is 25. The van der Waals surface area contributed by atoms with Gasteiger partial charge in [-0.1, -0.05) is 138 Å². The number of aliphatic carboxylic acids is 1. The Balaban J connectivity index is 2.30. The molecule has 3 aliphatic heterocycles. The van der Waals surface area contributed by atoms with Gasteiger partial charge in [0.25, 0.3) is 0 Å². The van der Waals surface area contributed by atoms with E-state index < -0.39 is 167 Å². The van der Waals surface area contributed by atoms with E-state index in [1.807, 2.05) is 55.4 Å². The number of nitrogens with zero attached hydrogens (tertiary/aromatic N) is 4. The van der Waals surface area contributed by atoms with E-state index >= 15 is 4.79 Å². The number of carboxylic acids is 1. The van der Waals surface area contributed by atoms with Gasteiger partial charge < -0.3 is 96.7 Å². The highest BCUT2D eigenvalue weighted by Gasteiger charge is 2.46. The molecule has 3 heterocycles. The van der Waals surface area contributed by atoms with Gasteiger partial charge in [0.15, 0.2) is 11.9 Å². The Kier molecular flexibility index (Phi) is 39.9. The molecule has 35 heteroatoms. The fraction of sp³-hybridized carbons (Fsp3) is 0.786. The highest BCUT2D eigenvalue weighted by molar-refractivity contribution is 8.76. The number of carboxylic acid groups (broad SMARTS) is 1. The van der Waals surface area contributed by atoms with E-state index in [0.29, 0.717) is 32.1 Å². The molecule has 0 saturated carbocycles. The number of carbonyl (C=O) groups excluding carboxylic acids is 12. The van der Waals surface area contributed by atoms with Crippen LogP contribution in [-0.4, -0.2) is 220 Å². The Labute approximate surface area is 627 Å². The number of nitrogens with one attached hydrogen (secondary N) is 10. The molecule has 0 aromatic carbocycles. The summed E-state index contributed by atoms with van der Waals surface area (Å²) in [5, 5.41) is 38.3. The van der Waals surface area contributed by atoms with E-state index in [-0.39, 0.29) is 143 Å². The molecule has 105 heavy (non-hydrogen) atoms. The van der Waals surface area contributed by atoms with Gasteiger partial charge in [0.05, 0.1) is 6.04 Å². The largest absolute Gasteiger partial charge is 0.480 e. The Morgan fingerprint density at radius 2 is 0.848 bits per heavy atom. The molecule has 0 radical (unpaired) electrons. The molecule has 0 spiro atoms. The van der Waals surface area contributed by atoms with E-state index in [1.165, 1.54) is 9.80 Å². The maximum absolute atomic E-state index is 15.0. The second kappa shape index (κ2) is 45.7. The van der Waals surface area contributed by atoms with Gasteiger partial charge in [-0.05, 0) is 118 Å². The predicted octanol–water partition coefficient (Wildman–Crippen LogP) is 0.0532. The molecule has 12 amide bonds. The first-order valence-electron chi connectivity index (χ1n) is 37.3. The van der Waals surface area contributed by atoms with Crippen LogP contribution < -0.4 is 81.8 Å². The van der Waals surface area contributed by atoms with Gasteiger partial charge in [0, 0.05) is 37.7 Å². The van der Waals surface area contributed by atoms with E-state index in [0.717, 1.165) is 21.6 Å². The van der Waals surface area contributed by atoms with Gasteiger partial charge >= 0.3 is 5.97 Å². The summed E-state index contributed by atoms with van der Waals surface area (Å²) in [4.78, 5) is 200. The Bertz CT molecular complexity index is 2990. The number of aliphatic imine (C=N–C) groups is 2. The molecule has 3 aliphatic rings. The molecule has 21 N–H and O–H groups in total. The molecule has 0 unspecified atom stereocenters. The van der Waals surface area contributed by atoms with E-state index in [4.69, 9.17) is 28.7 Å². The summed E-state index contributed by atoms with van der Waals surface area (Å²) >= 11 is 0. The zero-order chi connectivity index (χ0) is 79.1. The highest BCUT2D eigenvalue weighted by Crippen LogP contribution is 2.28. The third-order valence-electron chi connectivity index (χ3n) is 19.1. The zero-order valence-corrected chi connectivity index (χ0v) is 65.8. The average molecular weight is 1520 g/mol. The van der Waals surface area contributed by atoms with Crippen molar-refractivity contribution in [3.05, 3.63) is 0 Å². The molecule has 0 bridgehead atoms. The molecule has 0 aliphatic carbocycles. The Morgan fingerprint density at radius 1 is 0.476 bits per heavy atom. The molecular formula is C70H125N19O14S2. The SMILES string of the molecule is CC[C@H](C)[C@H](N)C(=O)N[C@H]1CSSC[C@@H](C(=O)O)NC(=O)[C@H]([C@@H](C)CC)NC(=O)[C@H](CC(C)C)NC(=O)[C@H](CCCN=C(N)N)NC(=O)[C@H](CC(C)C)NC(=O)[C@@H]2CCCN2C(=O)[C@H]2CCCN2C(=O)[C@H](CC(C)C)NC(=O)[C@H]([C@@H](C)CC)NC(=O)[C@H](CC(C)C)NC(=O)[C@H](CCCN=C(N)N)NC1=O. The summed E-state index contributed by atoms with van der Waals surface area (Å²) in [5.41, 5.74) is 28.9. The van der Waals surface area contributed by atoms with E-state index in [2.05, 4.69) is 63.2 Å². The highest BCUT2D eigenvalue weighted by atomic mass is 33.1. The molecule has 596 valence electrons. The van der Waals surface area contributed by atoms with Gasteiger partial charge in [0.2, 0.25) is 70.9 Å². The van der Waals surface area contributed by atoms with Crippen molar-refractivity contribution in [1.82, 2.24) is 63.0 Å². The second-order valence-electron chi connectivity index (χ2n) is 29.8. The molecule has 3 saturated heterocycles. The summed E-state index contributed by atoms with van der Waals surface area (Å²) in [7, 11) is 1.88. The number of guanidine groups is 2. The van der Waals surface area contributed by atoms with Crippen LogP contribution >= 0.6 is 21.6 Å². The molecule has 33 nitrogen and oxygen atoms in total. The third-order valence-corrected chi connectivity index (χ3v) is 21.5. The number of hydrogen-bond acceptors (Lipinski definition) is 18. The number of carbonyl (C=O) groups is 13. The van der Waals surface area contributed by atoms with Gasteiger partial charge in [-0.3, -0.25) is 67.5 Å². The van der Waals surface area contributed by atoms with Crippen LogP contribution in [-0.2, 0) is 62.3 Å². The molecule has 0 aromatic heterocycles. The fourth-order valence-corrected chi connectivity index (χ4v) is 14.8. The lowest BCUT2D eigenvalue weighted by atomic mass is 9.95. The number of hydrogen-bond donors (Lipinski definition) is 16. The quantitative estimate of drug-likeness (QED) is 0.0249. The van der Waals surface area contributed by atoms with Crippen molar-refractivity contribution in [2.24, 2.45) is 80.1 Å². The van der Waals surface area contributed by atoms with Crippen molar-refractivity contribution in [2.75, 3.05) is 37.7 Å². The number of amides is 12. The minimum absolute atomic E-state index is 0.0150. The van der Waals surface area contributed by atoms with Crippen molar-refractivity contribution in [3.8, 4) is 0 Å². The average Bonchev–Trinajstić information content (AvgIpc) is 1.19. The van der Waals surface area contributed by atoms with Crippen LogP contribution in [0.5, 0.6) is 0 Å². The van der Waals surface area contributed by atoms with Crippen molar-refractivity contribution in [1.29, 1.82) is 0 Å². The third kappa shape index (κ3) is 30.6. The standard InChI is InChI=1S/C70H125N19O14S2/c1-15-40(12)53(71)63(97)84-49-34-104-105-35-50(68(102)103)85-65(99)55(42(14)17-3)87-60(94)47(32-38(8)9)80-56(90)43(22-18-26-76-69(72)73)78-58(92)45(30-36(4)5)82-62(96)51-24-20-28-88(51)67(101)52-25-21-29-89(52)66(100)48(33-39(10)11)83-64(98)54(41(13)16-2)86-59(93)46(31-37(6)7)81-57(91)44(79-61(49)95)23-19-27-77-70(74)75/h36-55H,15-35,71H2,1-14H3,(H,78,92)(H,79,95)(H,80,90)(H,81,91)(H,82,96)(H,83,98)(H,84,97)(H,85,99)(H,86,93)(H,87,94)(H,102,103)(H4,72,73,76)(H4,74,75,77)/t40-,41-,42-,43-,44-,45-,46-,47-,48-,49-,50-,51-,52+,53-,54-,55-/m0/s1. The summed E-state index contributed by atoms with van der Waals surface area (Å²) < 4.78 is 0. The minimum Gasteiger partial charge on any atom is -0.480 e. The maximum Gasteiger partial charge on any atom is 0.327 e. The molecule has 3 fully saturated rings. The topological polar surface area (TPSA) is 524 Å². The summed E-state index contributed by atoms with van der Waals surface area (Å²) in [6.07, 6.45) is 2.84. The maximum atomic E-state index is 15.0. The molecule has 3 rings (SSSR count). The van der Waals surface area contributed by atoms with Crippen LogP contribution in [0.15, 0.2) is 9.98 Å². The predicted molar refractivity (Wildman–Crippen MR) is 405 cm³/mol. The Hall–Kier alpha value is -7.69. The summed E-state index contributed by atoms with van der Waals surface area (Å²) in [5.74, 6) is -13.7. The molecule has 0 aromatic rings. The monoisotopic (exact) mass is 1520 g/mol. The van der Waals surface area contributed by atoms with Gasteiger partial charge in [-0.15, -0.1) is 0 Å². The van der Waals surface area contributed by atoms with Crippen molar-refractivity contribution < 1.29 is 67.4 Å². The van der Waals surface area contributed by atoms with Crippen LogP contribution in [0.4, 0.5) is 0 Å². The van der Waals surface area contributed by atoms with Gasteiger partial charge in [-0.2, -0.15) is 0 Å². The lowest BCUT2D eigenvalue weighted by Crippen LogP contribution is -2.61. The number of nitrogens with two attached hydrogens (primary N) is 5. The van der Waals surface area contributed by atoms with Crippen LogP contribution in [0.1, 0.15) is 193 Å². The van der Waals surface area contributed by atoms with Crippen molar-refractivity contribution in [2.45, 2.75) is 272 Å². The normalized spacial score (nSPS) is 26.7. The first-order valence-corrected chi connectivity index (χ1v) is 39.8. The van der Waals surface area contributed by atoms with E-state index in [9.17, 15) is 62.6 Å². The van der Waals surface area contributed by atoms with Crippen LogP contribution in [0.3, 0.4) is 0 Å². The van der Waals surface area contributed by atoms with E-state index in [1.54, 1.807) is 41.5 Å². The fourth-order valence-electron chi connectivity index (χ4n) is 12.5. The minimum atomic E-state index is -1.60. The first kappa shape index (κ1) is 91.5. The molecular weight excluding hydrogens is 1400 g/mol. The van der Waals surface area contributed by atoms with Crippen LogP contribution in [0.25, 0.3) is 0 Å². The van der Waals surface area contributed by atoms with Gasteiger partial charge in [0.1, 0.15) is 72.5 Å². The van der Waals surface area contributed by atoms with Crippen molar-refractivity contribution in [3.63, 3.8) is 0 Å². The number of fused-ring (bicyclic) bond motifs is 2. The second-order valence-corrected chi connectivity index (χ2v) is 32.4. The lowest BCUT2D eigenvalue weighted by Gasteiger charge is -2.34. The zero-order valence-electron chi connectivity index (χ0n) is 64.1. The van der Waals surface area contributed by atoms with Crippen molar-refractivity contribution >= 4 is 110 Å². The van der Waals surface area contributed by atoms with Crippen LogP contribution in [0.2, 0.25) is 0 Å². The lowest BCUT2D eigenvalue weighted by molar-refractivity contribution is -0.148. The van der Waals surface area contributed by atoms with Gasteiger partial charge in [-0.25, -0.2) is 4.79 Å². The molecule has 16 atom stereocenters.